The average molecular weight is 499 g/mol. The van der Waals surface area contributed by atoms with Crippen LogP contribution in [0.5, 0.6) is 11.5 Å². The van der Waals surface area contributed by atoms with E-state index in [1.165, 1.54) is 6.34 Å². The van der Waals surface area contributed by atoms with E-state index in [-0.39, 0.29) is 17.9 Å². The highest BCUT2D eigenvalue weighted by Crippen LogP contribution is 2.30. The van der Waals surface area contributed by atoms with Gasteiger partial charge in [0.05, 0.1) is 12.7 Å². The first-order valence-electron chi connectivity index (χ1n) is 12.2. The van der Waals surface area contributed by atoms with Crippen LogP contribution in [0, 0.1) is 5.92 Å². The molecule has 0 radical (unpaired) electrons. The highest BCUT2D eigenvalue weighted by Gasteiger charge is 2.32. The van der Waals surface area contributed by atoms with E-state index in [2.05, 4.69) is 21.6 Å². The molecule has 9 nitrogen and oxygen atoms in total. The van der Waals surface area contributed by atoms with E-state index >= 15 is 0 Å². The lowest BCUT2D eigenvalue weighted by Crippen LogP contribution is -2.43. The number of nitrogens with zero attached hydrogens (tertiary/aromatic N) is 3. The van der Waals surface area contributed by atoms with Gasteiger partial charge in [0.25, 0.3) is 6.47 Å². The quantitative estimate of drug-likeness (QED) is 0.236. The zero-order chi connectivity index (χ0) is 26.6. The first-order chi connectivity index (χ1) is 17.2. The van der Waals surface area contributed by atoms with Gasteiger partial charge in [0.1, 0.15) is 29.3 Å². The van der Waals surface area contributed by atoms with Crippen LogP contribution >= 0.6 is 0 Å². The average Bonchev–Trinajstić information content (AvgIpc) is 2.85. The number of amides is 1. The molecule has 1 heterocycles. The summed E-state index contributed by atoms with van der Waals surface area (Å²) in [7, 11) is 0. The molecular formula is C27H38N4O5. The highest BCUT2D eigenvalue weighted by atomic mass is 16.6. The highest BCUT2D eigenvalue weighted by molar-refractivity contribution is 5.76. The van der Waals surface area contributed by atoms with Gasteiger partial charge >= 0.3 is 0 Å². The van der Waals surface area contributed by atoms with Crippen molar-refractivity contribution in [1.29, 1.82) is 0 Å². The number of carbonyl (C=O) groups excluding carboxylic acids is 2. The predicted molar refractivity (Wildman–Crippen MR) is 142 cm³/mol. The van der Waals surface area contributed by atoms with E-state index in [4.69, 9.17) is 19.9 Å². The Bertz CT molecular complexity index is 978. The summed E-state index contributed by atoms with van der Waals surface area (Å²) < 4.78 is 17.6. The predicted octanol–water partition coefficient (Wildman–Crippen LogP) is 3.98. The van der Waals surface area contributed by atoms with Gasteiger partial charge in [-0.2, -0.15) is 0 Å². The number of carbonyl (C=O) groups is 2. The largest absolute Gasteiger partial charge is 0.485 e. The molecule has 2 rings (SSSR count). The number of ether oxygens (including phenoxy) is 3. The van der Waals surface area contributed by atoms with Crippen LogP contribution < -0.4 is 15.2 Å². The number of allylic oxidation sites excluding steroid dienone is 1. The second-order valence-electron chi connectivity index (χ2n) is 9.00. The minimum Gasteiger partial charge on any atom is -0.485 e. The molecular weight excluding hydrogens is 460 g/mol. The van der Waals surface area contributed by atoms with Crippen molar-refractivity contribution in [3.8, 4) is 11.5 Å². The summed E-state index contributed by atoms with van der Waals surface area (Å²) in [6, 6.07) is 5.38. The number of nitrogens with two attached hydrogens (primary N) is 1. The summed E-state index contributed by atoms with van der Waals surface area (Å²) in [5, 5.41) is 0. The summed E-state index contributed by atoms with van der Waals surface area (Å²) >= 11 is 0. The molecule has 0 bridgehead atoms. The third-order valence-corrected chi connectivity index (χ3v) is 6.09. The van der Waals surface area contributed by atoms with Gasteiger partial charge in [0.2, 0.25) is 5.91 Å². The number of aliphatic imine (C=N–C) groups is 2. The Morgan fingerprint density at radius 2 is 2.06 bits per heavy atom. The van der Waals surface area contributed by atoms with Gasteiger partial charge < -0.3 is 24.8 Å². The summed E-state index contributed by atoms with van der Waals surface area (Å²) in [4.78, 5) is 32.6. The number of rotatable bonds is 14. The molecule has 1 aromatic rings. The van der Waals surface area contributed by atoms with Gasteiger partial charge in [-0.15, -0.1) is 0 Å². The molecule has 1 amide bonds. The van der Waals surface area contributed by atoms with Crippen LogP contribution in [-0.4, -0.2) is 61.7 Å². The van der Waals surface area contributed by atoms with Crippen molar-refractivity contribution in [2.24, 2.45) is 21.6 Å². The van der Waals surface area contributed by atoms with Crippen molar-refractivity contribution >= 4 is 31.5 Å². The lowest BCUT2D eigenvalue weighted by molar-refractivity contribution is -0.123. The van der Waals surface area contributed by atoms with Crippen LogP contribution in [0.4, 0.5) is 0 Å². The summed E-state index contributed by atoms with van der Waals surface area (Å²) in [6.07, 6.45) is 8.87. The monoisotopic (exact) mass is 498 g/mol. The topological polar surface area (TPSA) is 116 Å². The zero-order valence-corrected chi connectivity index (χ0v) is 21.7. The second kappa shape index (κ2) is 14.2. The minimum atomic E-state index is -0.672. The van der Waals surface area contributed by atoms with E-state index in [0.29, 0.717) is 62.8 Å². The number of likely N-dealkylation sites (tertiary alicyclic amines) is 1. The maximum atomic E-state index is 11.5. The standard InChI is InChI=1S/C27H38N4O5/c1-6-8-20-9-10-22(17-23(20)35-19-32)36-27(3,4)24(7-2)34-16-13-25(30-18-29-5)31-14-11-21(12-15-31)26(28)33/h6,8-10,13,17-19,21,24H,5,7,11-12,14-16H2,1-4H3,(H2,28,33)/b8-6-,25-13+,30-18?. The summed E-state index contributed by atoms with van der Waals surface area (Å²) in [5.41, 5.74) is 5.57. The zero-order valence-electron chi connectivity index (χ0n) is 21.7. The van der Waals surface area contributed by atoms with Crippen LogP contribution in [0.1, 0.15) is 52.5 Å². The van der Waals surface area contributed by atoms with Crippen LogP contribution in [0.2, 0.25) is 0 Å². The van der Waals surface area contributed by atoms with Gasteiger partial charge in [0.15, 0.2) is 0 Å². The molecule has 0 saturated carbocycles. The molecule has 9 heteroatoms. The van der Waals surface area contributed by atoms with E-state index in [1.807, 2.05) is 58.1 Å². The van der Waals surface area contributed by atoms with Gasteiger partial charge in [-0.25, -0.2) is 4.99 Å². The van der Waals surface area contributed by atoms with Crippen LogP contribution in [0.3, 0.4) is 0 Å². The normalized spacial score (nSPS) is 16.3. The molecule has 36 heavy (non-hydrogen) atoms. The van der Waals surface area contributed by atoms with Crippen molar-refractivity contribution < 1.29 is 23.8 Å². The van der Waals surface area contributed by atoms with Gasteiger partial charge in [-0.3, -0.25) is 14.6 Å². The van der Waals surface area contributed by atoms with Gasteiger partial charge in [-0.1, -0.05) is 19.1 Å². The van der Waals surface area contributed by atoms with Crippen molar-refractivity contribution in [2.45, 2.75) is 58.7 Å². The van der Waals surface area contributed by atoms with E-state index in [9.17, 15) is 9.59 Å². The second-order valence-corrected chi connectivity index (χ2v) is 9.00. The van der Waals surface area contributed by atoms with Crippen molar-refractivity contribution in [3.63, 3.8) is 0 Å². The molecule has 0 aromatic heterocycles. The van der Waals surface area contributed by atoms with Crippen LogP contribution in [0.25, 0.3) is 6.08 Å². The van der Waals surface area contributed by atoms with E-state index < -0.39 is 5.60 Å². The van der Waals surface area contributed by atoms with E-state index in [0.717, 1.165) is 5.56 Å². The summed E-state index contributed by atoms with van der Waals surface area (Å²) in [6.45, 7) is 13.4. The maximum absolute atomic E-state index is 11.5. The van der Waals surface area contributed by atoms with Gasteiger partial charge in [0, 0.05) is 30.6 Å². The first-order valence-corrected chi connectivity index (χ1v) is 12.2. The molecule has 1 atom stereocenters. The van der Waals surface area contributed by atoms with Crippen LogP contribution in [0.15, 0.2) is 46.2 Å². The Morgan fingerprint density at radius 1 is 1.33 bits per heavy atom. The Labute approximate surface area is 213 Å². The fourth-order valence-electron chi connectivity index (χ4n) is 4.22. The molecule has 0 aliphatic carbocycles. The number of benzene rings is 1. The molecule has 1 aliphatic heterocycles. The Balaban J connectivity index is 2.10. The number of primary amides is 1. The SMILES string of the molecule is C=NC=N/C(=C\COC(CC)C(C)(C)Oc1ccc(/C=C\C)c(OC=O)c1)N1CCC(C(N)=O)CC1. The molecule has 0 spiro atoms. The van der Waals surface area contributed by atoms with Crippen LogP contribution in [-0.2, 0) is 14.3 Å². The molecule has 1 aliphatic rings. The Hall–Kier alpha value is -3.46. The molecule has 1 unspecified atom stereocenters. The fraction of sp³-hybridized carbons (Fsp3) is 0.481. The lowest BCUT2D eigenvalue weighted by atomic mass is 9.96. The molecule has 1 saturated heterocycles. The smallest absolute Gasteiger partial charge is 0.298 e. The van der Waals surface area contributed by atoms with Gasteiger partial charge in [-0.05, 0) is 65.0 Å². The number of piperidine rings is 1. The molecule has 1 aromatic carbocycles. The third kappa shape index (κ3) is 8.34. The lowest BCUT2D eigenvalue weighted by Gasteiger charge is -2.35. The molecule has 196 valence electrons. The Morgan fingerprint density at radius 3 is 2.64 bits per heavy atom. The molecule has 1 fully saturated rings. The fourth-order valence-corrected chi connectivity index (χ4v) is 4.22. The minimum absolute atomic E-state index is 0.104. The van der Waals surface area contributed by atoms with Crippen molar-refractivity contribution in [2.75, 3.05) is 19.7 Å². The molecule has 2 N–H and O–H groups in total. The first kappa shape index (κ1) is 28.8. The summed E-state index contributed by atoms with van der Waals surface area (Å²) in [5.74, 6) is 1.35. The third-order valence-electron chi connectivity index (χ3n) is 6.09. The van der Waals surface area contributed by atoms with Crippen molar-refractivity contribution in [3.05, 3.63) is 41.7 Å². The van der Waals surface area contributed by atoms with E-state index in [1.54, 1.807) is 6.07 Å². The maximum Gasteiger partial charge on any atom is 0.298 e. The number of hydrogen-bond acceptors (Lipinski definition) is 7. The van der Waals surface area contributed by atoms with Crippen molar-refractivity contribution in [1.82, 2.24) is 4.90 Å². The Kier molecular flexibility index (Phi) is 11.3. The number of hydrogen-bond donors (Lipinski definition) is 1.